The standard InChI is InChI=1S/C20H26N4O3/c1-12(2)15-5-7-16(8-6-15)24-13(3)9-17(14(24)4)20(27)23(10-18(21)25)11-19(22)26/h5-9,12H,10-11H2,1-4H3,(H2,21,25)(H2,22,26). The zero-order chi connectivity index (χ0) is 20.3. The molecule has 7 nitrogen and oxygen atoms in total. The van der Waals surface area contributed by atoms with Crippen LogP contribution in [-0.4, -0.2) is 40.3 Å². The van der Waals surface area contributed by atoms with Crippen LogP contribution in [-0.2, 0) is 9.59 Å². The van der Waals surface area contributed by atoms with Gasteiger partial charge in [0.15, 0.2) is 0 Å². The van der Waals surface area contributed by atoms with Crippen LogP contribution in [0, 0.1) is 13.8 Å². The molecule has 0 aliphatic carbocycles. The normalized spacial score (nSPS) is 10.9. The Morgan fingerprint density at radius 2 is 1.52 bits per heavy atom. The van der Waals surface area contributed by atoms with Gasteiger partial charge in [-0.2, -0.15) is 0 Å². The average molecular weight is 370 g/mol. The summed E-state index contributed by atoms with van der Waals surface area (Å²) in [6.07, 6.45) is 0. The van der Waals surface area contributed by atoms with Gasteiger partial charge in [0.1, 0.15) is 13.1 Å². The second kappa shape index (κ2) is 8.07. The zero-order valence-electron chi connectivity index (χ0n) is 16.2. The zero-order valence-corrected chi connectivity index (χ0v) is 16.2. The minimum atomic E-state index is -0.706. The Kier molecular flexibility index (Phi) is 6.05. The van der Waals surface area contributed by atoms with Crippen LogP contribution in [0.3, 0.4) is 0 Å². The van der Waals surface area contributed by atoms with E-state index < -0.39 is 17.7 Å². The van der Waals surface area contributed by atoms with Gasteiger partial charge >= 0.3 is 0 Å². The number of amides is 3. The number of carbonyl (C=O) groups is 3. The fraction of sp³-hybridized carbons (Fsp3) is 0.350. The summed E-state index contributed by atoms with van der Waals surface area (Å²) < 4.78 is 1.96. The number of primary amides is 2. The van der Waals surface area contributed by atoms with Crippen molar-refractivity contribution >= 4 is 17.7 Å². The van der Waals surface area contributed by atoms with Crippen molar-refractivity contribution in [3.05, 3.63) is 52.8 Å². The number of hydrogen-bond acceptors (Lipinski definition) is 3. The third-order valence-electron chi connectivity index (χ3n) is 4.46. The topological polar surface area (TPSA) is 111 Å². The van der Waals surface area contributed by atoms with E-state index in [1.54, 1.807) is 6.07 Å². The van der Waals surface area contributed by atoms with Crippen LogP contribution in [0.5, 0.6) is 0 Å². The van der Waals surface area contributed by atoms with Crippen molar-refractivity contribution in [2.24, 2.45) is 11.5 Å². The number of carbonyl (C=O) groups excluding carboxylic acids is 3. The van der Waals surface area contributed by atoms with Gasteiger partial charge < -0.3 is 20.9 Å². The Balaban J connectivity index is 2.42. The molecule has 2 rings (SSSR count). The van der Waals surface area contributed by atoms with Crippen molar-refractivity contribution in [3.8, 4) is 5.69 Å². The van der Waals surface area contributed by atoms with Gasteiger partial charge in [-0.25, -0.2) is 0 Å². The summed E-state index contributed by atoms with van der Waals surface area (Å²) in [6, 6.07) is 9.88. The lowest BCUT2D eigenvalue weighted by Gasteiger charge is -2.19. The van der Waals surface area contributed by atoms with E-state index in [1.165, 1.54) is 5.56 Å². The third-order valence-corrected chi connectivity index (χ3v) is 4.46. The van der Waals surface area contributed by atoms with Crippen molar-refractivity contribution < 1.29 is 14.4 Å². The molecule has 4 N–H and O–H groups in total. The van der Waals surface area contributed by atoms with Crippen molar-refractivity contribution in [1.29, 1.82) is 0 Å². The van der Waals surface area contributed by atoms with Crippen LogP contribution in [0.2, 0.25) is 0 Å². The molecule has 0 saturated carbocycles. The van der Waals surface area contributed by atoms with E-state index in [9.17, 15) is 14.4 Å². The van der Waals surface area contributed by atoms with E-state index in [4.69, 9.17) is 11.5 Å². The van der Waals surface area contributed by atoms with Crippen LogP contribution >= 0.6 is 0 Å². The molecule has 0 radical (unpaired) electrons. The first-order valence-corrected chi connectivity index (χ1v) is 8.77. The van der Waals surface area contributed by atoms with Gasteiger partial charge in [0.05, 0.1) is 5.56 Å². The van der Waals surface area contributed by atoms with Crippen LogP contribution in [0.4, 0.5) is 0 Å². The maximum Gasteiger partial charge on any atom is 0.256 e. The number of aryl methyl sites for hydroxylation is 1. The second-order valence-corrected chi connectivity index (χ2v) is 6.96. The maximum absolute atomic E-state index is 12.9. The summed E-state index contributed by atoms with van der Waals surface area (Å²) in [5.41, 5.74) is 14.5. The van der Waals surface area contributed by atoms with E-state index in [-0.39, 0.29) is 13.1 Å². The van der Waals surface area contributed by atoms with E-state index in [2.05, 4.69) is 26.0 Å². The highest BCUT2D eigenvalue weighted by Crippen LogP contribution is 2.24. The molecule has 1 heterocycles. The first-order chi connectivity index (χ1) is 12.6. The second-order valence-electron chi connectivity index (χ2n) is 6.96. The molecule has 0 fully saturated rings. The van der Waals surface area contributed by atoms with Gasteiger partial charge in [0.2, 0.25) is 11.8 Å². The number of aromatic nitrogens is 1. The molecule has 2 aromatic rings. The molecule has 27 heavy (non-hydrogen) atoms. The number of rotatable bonds is 7. The van der Waals surface area contributed by atoms with Crippen molar-refractivity contribution in [2.75, 3.05) is 13.1 Å². The van der Waals surface area contributed by atoms with Gasteiger partial charge in [-0.1, -0.05) is 26.0 Å². The molecule has 0 aliphatic heterocycles. The molecule has 0 spiro atoms. The Morgan fingerprint density at radius 1 is 1.00 bits per heavy atom. The maximum atomic E-state index is 12.9. The molecule has 1 aromatic carbocycles. The number of benzene rings is 1. The number of hydrogen-bond donors (Lipinski definition) is 2. The monoisotopic (exact) mass is 370 g/mol. The summed E-state index contributed by atoms with van der Waals surface area (Å²) in [5, 5.41) is 0. The SMILES string of the molecule is Cc1cc(C(=O)N(CC(N)=O)CC(N)=O)c(C)n1-c1ccc(C(C)C)cc1. The quantitative estimate of drug-likeness (QED) is 0.772. The molecule has 0 aliphatic rings. The third kappa shape index (κ3) is 4.55. The molecule has 0 atom stereocenters. The van der Waals surface area contributed by atoms with Crippen molar-refractivity contribution in [1.82, 2.24) is 9.47 Å². The van der Waals surface area contributed by atoms with E-state index >= 15 is 0 Å². The molecule has 0 bridgehead atoms. The highest BCUT2D eigenvalue weighted by atomic mass is 16.2. The number of nitrogens with zero attached hydrogens (tertiary/aromatic N) is 2. The van der Waals surface area contributed by atoms with Crippen molar-refractivity contribution in [2.45, 2.75) is 33.6 Å². The average Bonchev–Trinajstić information content (AvgIpc) is 2.87. The first kappa shape index (κ1) is 20.2. The molecule has 0 saturated heterocycles. The Morgan fingerprint density at radius 3 is 1.96 bits per heavy atom. The van der Waals surface area contributed by atoms with Crippen LogP contribution in [0.25, 0.3) is 5.69 Å². The van der Waals surface area contributed by atoms with E-state index in [0.29, 0.717) is 17.2 Å². The Bertz CT molecular complexity index is 850. The Labute approximate surface area is 158 Å². The molecule has 3 amide bonds. The van der Waals surface area contributed by atoms with Gasteiger partial charge in [-0.15, -0.1) is 0 Å². The van der Waals surface area contributed by atoms with Gasteiger partial charge in [-0.05, 0) is 43.5 Å². The molecule has 7 heteroatoms. The van der Waals surface area contributed by atoms with Crippen LogP contribution < -0.4 is 11.5 Å². The summed E-state index contributed by atoms with van der Waals surface area (Å²) in [6.45, 7) is 7.24. The molecule has 0 unspecified atom stereocenters. The molecule has 144 valence electrons. The summed E-state index contributed by atoms with van der Waals surface area (Å²) >= 11 is 0. The fourth-order valence-electron chi connectivity index (χ4n) is 3.13. The summed E-state index contributed by atoms with van der Waals surface area (Å²) in [4.78, 5) is 36.5. The molecular weight excluding hydrogens is 344 g/mol. The first-order valence-electron chi connectivity index (χ1n) is 8.77. The Hall–Kier alpha value is -3.09. The fourth-order valence-corrected chi connectivity index (χ4v) is 3.13. The lowest BCUT2D eigenvalue weighted by atomic mass is 10.0. The minimum absolute atomic E-state index is 0.367. The van der Waals surface area contributed by atoms with Crippen LogP contribution in [0.1, 0.15) is 47.1 Å². The largest absolute Gasteiger partial charge is 0.368 e. The molecular formula is C20H26N4O3. The highest BCUT2D eigenvalue weighted by molar-refractivity contribution is 5.99. The van der Waals surface area contributed by atoms with Crippen LogP contribution in [0.15, 0.2) is 30.3 Å². The molecule has 1 aromatic heterocycles. The van der Waals surface area contributed by atoms with E-state index in [1.807, 2.05) is 30.5 Å². The summed E-state index contributed by atoms with van der Waals surface area (Å²) in [7, 11) is 0. The predicted molar refractivity (Wildman–Crippen MR) is 104 cm³/mol. The van der Waals surface area contributed by atoms with Crippen molar-refractivity contribution in [3.63, 3.8) is 0 Å². The van der Waals surface area contributed by atoms with Gasteiger partial charge in [-0.3, -0.25) is 14.4 Å². The number of nitrogens with two attached hydrogens (primary N) is 2. The predicted octanol–water partition coefficient (Wildman–Crippen LogP) is 1.63. The smallest absolute Gasteiger partial charge is 0.256 e. The summed E-state index contributed by atoms with van der Waals surface area (Å²) in [5.74, 6) is -1.43. The highest BCUT2D eigenvalue weighted by Gasteiger charge is 2.24. The van der Waals surface area contributed by atoms with Gasteiger partial charge in [0.25, 0.3) is 5.91 Å². The van der Waals surface area contributed by atoms with E-state index in [0.717, 1.165) is 16.3 Å². The van der Waals surface area contributed by atoms with Gasteiger partial charge in [0, 0.05) is 17.1 Å². The minimum Gasteiger partial charge on any atom is -0.368 e. The lowest BCUT2D eigenvalue weighted by Crippen LogP contribution is -2.43. The lowest BCUT2D eigenvalue weighted by molar-refractivity contribution is -0.121.